The first-order valence-electron chi connectivity index (χ1n) is 7.90. The quantitative estimate of drug-likeness (QED) is 0.411. The Morgan fingerprint density at radius 1 is 0.846 bits per heavy atom. The molecule has 0 aliphatic heterocycles. The zero-order valence-corrected chi connectivity index (χ0v) is 14.8. The summed E-state index contributed by atoms with van der Waals surface area (Å²) >= 11 is 3.30. The van der Waals surface area contributed by atoms with E-state index in [1.54, 1.807) is 29.0 Å². The van der Waals surface area contributed by atoms with Crippen molar-refractivity contribution in [2.45, 2.75) is 0 Å². The van der Waals surface area contributed by atoms with Crippen LogP contribution >= 0.6 is 22.7 Å². The average molecular weight is 373 g/mol. The second-order valence-electron chi connectivity index (χ2n) is 5.83. The predicted octanol–water partition coefficient (Wildman–Crippen LogP) is 3.67. The average Bonchev–Trinajstić information content (AvgIpc) is 3.24. The molecule has 6 heterocycles. The standard InChI is InChI=1S/C18H9N6S2/c1-2-11-15-14(26-18(11)20-3-1)7-24(9-23-15)10-4-12-16(21-5-10)17-13(25-12)6-19-8-22-17/h1-9H/q+1. The third-order valence-electron chi connectivity index (χ3n) is 4.29. The van der Waals surface area contributed by atoms with Crippen LogP contribution in [0.2, 0.25) is 0 Å². The van der Waals surface area contributed by atoms with E-state index in [-0.39, 0.29) is 0 Å². The van der Waals surface area contributed by atoms with Gasteiger partial charge in [-0.25, -0.2) is 19.9 Å². The maximum absolute atomic E-state index is 4.66. The molecule has 0 aliphatic rings. The van der Waals surface area contributed by atoms with E-state index < -0.39 is 0 Å². The lowest BCUT2D eigenvalue weighted by molar-refractivity contribution is -0.597. The van der Waals surface area contributed by atoms with Crippen LogP contribution in [0.3, 0.4) is 0 Å². The molecular formula is C18H9N6S2+. The number of pyridine rings is 2. The van der Waals surface area contributed by atoms with Gasteiger partial charge in [0.2, 0.25) is 5.52 Å². The SMILES string of the molecule is c1cnc2sc3c[n+](-c4cnc5c(c4)sc4cncnc45)cnc3c2c1. The van der Waals surface area contributed by atoms with Crippen molar-refractivity contribution in [3.8, 4) is 5.69 Å². The molecule has 0 fully saturated rings. The van der Waals surface area contributed by atoms with Crippen LogP contribution in [-0.4, -0.2) is 24.9 Å². The zero-order chi connectivity index (χ0) is 17.1. The van der Waals surface area contributed by atoms with Crippen molar-refractivity contribution >= 4 is 63.5 Å². The number of hydrogen-bond donors (Lipinski definition) is 0. The Kier molecular flexibility index (Phi) is 2.82. The van der Waals surface area contributed by atoms with Crippen LogP contribution in [0, 0.1) is 0 Å². The second-order valence-corrected chi connectivity index (χ2v) is 7.94. The Morgan fingerprint density at radius 3 is 2.81 bits per heavy atom. The molecule has 6 aromatic rings. The largest absolute Gasteiger partial charge is 0.292 e. The first kappa shape index (κ1) is 14.1. The van der Waals surface area contributed by atoms with Crippen molar-refractivity contribution < 1.29 is 4.57 Å². The summed E-state index contributed by atoms with van der Waals surface area (Å²) < 4.78 is 5.23. The smallest absolute Gasteiger partial charge is 0.249 e. The fourth-order valence-electron chi connectivity index (χ4n) is 3.10. The van der Waals surface area contributed by atoms with Crippen molar-refractivity contribution in [1.82, 2.24) is 24.9 Å². The van der Waals surface area contributed by atoms with Crippen molar-refractivity contribution in [1.29, 1.82) is 0 Å². The molecule has 122 valence electrons. The highest BCUT2D eigenvalue weighted by molar-refractivity contribution is 7.25. The maximum Gasteiger partial charge on any atom is 0.292 e. The second kappa shape index (κ2) is 5.20. The number of thiophene rings is 2. The van der Waals surface area contributed by atoms with Crippen LogP contribution in [0.15, 0.2) is 55.6 Å². The number of nitrogens with zero attached hydrogens (tertiary/aromatic N) is 6. The summed E-state index contributed by atoms with van der Waals surface area (Å²) in [5.41, 5.74) is 3.77. The molecule has 0 saturated carbocycles. The molecule has 6 rings (SSSR count). The van der Waals surface area contributed by atoms with Crippen LogP contribution in [0.25, 0.3) is 46.6 Å². The molecule has 0 N–H and O–H groups in total. The van der Waals surface area contributed by atoms with Crippen LogP contribution in [0.5, 0.6) is 0 Å². The monoisotopic (exact) mass is 373 g/mol. The normalized spacial score (nSPS) is 11.8. The summed E-state index contributed by atoms with van der Waals surface area (Å²) in [5, 5.41) is 1.09. The summed E-state index contributed by atoms with van der Waals surface area (Å²) in [6.45, 7) is 0. The molecule has 0 amide bonds. The van der Waals surface area contributed by atoms with E-state index in [1.807, 2.05) is 35.6 Å². The van der Waals surface area contributed by atoms with Gasteiger partial charge in [-0.05, 0) is 17.1 Å². The fraction of sp³-hybridized carbons (Fsp3) is 0. The summed E-state index contributed by atoms with van der Waals surface area (Å²) in [4.78, 5) is 23.2. The van der Waals surface area contributed by atoms with Gasteiger partial charge in [0, 0.05) is 18.5 Å². The molecule has 6 nitrogen and oxygen atoms in total. The molecule has 0 bridgehead atoms. The van der Waals surface area contributed by atoms with Gasteiger partial charge in [0.15, 0.2) is 5.69 Å². The van der Waals surface area contributed by atoms with Crippen molar-refractivity contribution in [3.05, 3.63) is 55.6 Å². The summed E-state index contributed by atoms with van der Waals surface area (Å²) in [6, 6.07) is 6.12. The van der Waals surface area contributed by atoms with E-state index in [0.717, 1.165) is 46.6 Å². The predicted molar refractivity (Wildman–Crippen MR) is 103 cm³/mol. The number of hydrogen-bond acceptors (Lipinski definition) is 7. The van der Waals surface area contributed by atoms with Crippen LogP contribution in [0.4, 0.5) is 0 Å². The topological polar surface area (TPSA) is 68.3 Å². The van der Waals surface area contributed by atoms with Gasteiger partial charge in [-0.3, -0.25) is 0 Å². The molecule has 26 heavy (non-hydrogen) atoms. The highest BCUT2D eigenvalue weighted by Crippen LogP contribution is 2.31. The molecule has 0 saturated heterocycles. The Labute approximate surface area is 154 Å². The van der Waals surface area contributed by atoms with Crippen molar-refractivity contribution in [2.24, 2.45) is 0 Å². The highest BCUT2D eigenvalue weighted by atomic mass is 32.1. The molecule has 0 radical (unpaired) electrons. The Balaban J connectivity index is 1.57. The van der Waals surface area contributed by atoms with Crippen molar-refractivity contribution in [2.75, 3.05) is 0 Å². The minimum absolute atomic E-state index is 0.903. The summed E-state index contributed by atoms with van der Waals surface area (Å²) in [5.74, 6) is 0. The van der Waals surface area contributed by atoms with Gasteiger partial charge in [0.25, 0.3) is 6.33 Å². The molecule has 6 aromatic heterocycles. The Bertz CT molecular complexity index is 1340. The van der Waals surface area contributed by atoms with E-state index >= 15 is 0 Å². The van der Waals surface area contributed by atoms with Gasteiger partial charge in [0.1, 0.15) is 33.1 Å². The van der Waals surface area contributed by atoms with E-state index in [4.69, 9.17) is 0 Å². The minimum Gasteiger partial charge on any atom is -0.249 e. The lowest BCUT2D eigenvalue weighted by Crippen LogP contribution is -2.30. The Morgan fingerprint density at radius 2 is 1.81 bits per heavy atom. The van der Waals surface area contributed by atoms with E-state index in [0.29, 0.717) is 0 Å². The van der Waals surface area contributed by atoms with E-state index in [1.165, 1.54) is 0 Å². The first-order valence-corrected chi connectivity index (χ1v) is 9.53. The fourth-order valence-corrected chi connectivity index (χ4v) is 5.14. The van der Waals surface area contributed by atoms with E-state index in [2.05, 4.69) is 43.2 Å². The molecule has 0 aromatic carbocycles. The molecule has 0 atom stereocenters. The maximum atomic E-state index is 4.66. The third kappa shape index (κ3) is 1.97. The summed E-state index contributed by atoms with van der Waals surface area (Å²) in [7, 11) is 0. The van der Waals surface area contributed by atoms with Gasteiger partial charge in [0.05, 0.1) is 21.0 Å². The molecular weight excluding hydrogens is 364 g/mol. The van der Waals surface area contributed by atoms with Crippen molar-refractivity contribution in [3.63, 3.8) is 0 Å². The molecule has 8 heteroatoms. The van der Waals surface area contributed by atoms with Gasteiger partial charge >= 0.3 is 0 Å². The van der Waals surface area contributed by atoms with Gasteiger partial charge in [-0.15, -0.1) is 22.7 Å². The molecule has 0 unspecified atom stereocenters. The van der Waals surface area contributed by atoms with Gasteiger partial charge in [-0.1, -0.05) is 0 Å². The third-order valence-corrected chi connectivity index (χ3v) is 6.38. The van der Waals surface area contributed by atoms with E-state index in [9.17, 15) is 0 Å². The number of aromatic nitrogens is 6. The highest BCUT2D eigenvalue weighted by Gasteiger charge is 2.16. The molecule has 0 spiro atoms. The van der Waals surface area contributed by atoms with Gasteiger partial charge in [-0.2, -0.15) is 4.57 Å². The zero-order valence-electron chi connectivity index (χ0n) is 13.2. The number of rotatable bonds is 1. The molecule has 0 aliphatic carbocycles. The van der Waals surface area contributed by atoms with Crippen LogP contribution in [0.1, 0.15) is 0 Å². The summed E-state index contributed by atoms with van der Waals surface area (Å²) in [6.07, 6.45) is 11.0. The first-order chi connectivity index (χ1) is 12.9. The lowest BCUT2D eigenvalue weighted by Gasteiger charge is -1.98. The lowest BCUT2D eigenvalue weighted by atomic mass is 10.3. The Hall–Kier alpha value is -3.10. The van der Waals surface area contributed by atoms with Crippen LogP contribution in [-0.2, 0) is 0 Å². The number of fused-ring (bicyclic) bond motifs is 6. The van der Waals surface area contributed by atoms with Crippen LogP contribution < -0.4 is 4.57 Å². The minimum atomic E-state index is 0.903. The van der Waals surface area contributed by atoms with Gasteiger partial charge < -0.3 is 0 Å².